The number of hydrogen-bond donors (Lipinski definition) is 2. The molecular formula is C14H15FN4O3. The largest absolute Gasteiger partial charge is 0.395 e. The van der Waals surface area contributed by atoms with Crippen LogP contribution in [0.25, 0.3) is 10.4 Å². The van der Waals surface area contributed by atoms with Gasteiger partial charge in [0.15, 0.2) is 5.78 Å². The van der Waals surface area contributed by atoms with Crippen LogP contribution in [-0.4, -0.2) is 28.9 Å². The molecule has 1 aliphatic rings. The Morgan fingerprint density at radius 1 is 1.64 bits per heavy atom. The van der Waals surface area contributed by atoms with E-state index in [0.29, 0.717) is 11.1 Å². The van der Waals surface area contributed by atoms with Gasteiger partial charge < -0.3 is 10.4 Å². The standard InChI is InChI=1S/C14H15FN4O3/c1-7-9-3-4-14(6-20,18-19-16)13(22)12(9)11(5-10(7)15)17-8(2)21/h5,20H,3-4,6H2,1-2H3,(H,17,21). The van der Waals surface area contributed by atoms with Crippen LogP contribution < -0.4 is 5.32 Å². The van der Waals surface area contributed by atoms with Crippen LogP contribution in [0, 0.1) is 12.7 Å². The van der Waals surface area contributed by atoms with Crippen LogP contribution in [0.3, 0.4) is 0 Å². The van der Waals surface area contributed by atoms with Crippen molar-refractivity contribution in [2.45, 2.75) is 32.2 Å². The molecular weight excluding hydrogens is 291 g/mol. The molecule has 0 spiro atoms. The van der Waals surface area contributed by atoms with Gasteiger partial charge >= 0.3 is 0 Å². The van der Waals surface area contributed by atoms with E-state index in [9.17, 15) is 19.1 Å². The number of benzene rings is 1. The van der Waals surface area contributed by atoms with E-state index >= 15 is 0 Å². The van der Waals surface area contributed by atoms with E-state index in [1.165, 1.54) is 6.92 Å². The smallest absolute Gasteiger partial charge is 0.221 e. The summed E-state index contributed by atoms with van der Waals surface area (Å²) in [5.74, 6) is -1.60. The highest BCUT2D eigenvalue weighted by Crippen LogP contribution is 2.38. The zero-order valence-electron chi connectivity index (χ0n) is 12.2. The van der Waals surface area contributed by atoms with Gasteiger partial charge in [0.05, 0.1) is 12.3 Å². The van der Waals surface area contributed by atoms with Gasteiger partial charge in [-0.05, 0) is 42.5 Å². The number of nitrogens with zero attached hydrogens (tertiary/aromatic N) is 3. The van der Waals surface area contributed by atoms with Gasteiger partial charge in [-0.2, -0.15) is 0 Å². The van der Waals surface area contributed by atoms with E-state index in [1.807, 2.05) is 0 Å². The summed E-state index contributed by atoms with van der Waals surface area (Å²) in [6.07, 6.45) is 0.347. The first-order valence-corrected chi connectivity index (χ1v) is 6.68. The van der Waals surface area contributed by atoms with Crippen molar-refractivity contribution in [3.8, 4) is 0 Å². The molecule has 1 unspecified atom stereocenters. The monoisotopic (exact) mass is 306 g/mol. The van der Waals surface area contributed by atoms with E-state index in [1.54, 1.807) is 6.92 Å². The van der Waals surface area contributed by atoms with Crippen LogP contribution in [0.1, 0.15) is 34.8 Å². The summed E-state index contributed by atoms with van der Waals surface area (Å²) in [6, 6.07) is 1.07. The number of halogens is 1. The summed E-state index contributed by atoms with van der Waals surface area (Å²) in [7, 11) is 0. The lowest BCUT2D eigenvalue weighted by molar-refractivity contribution is -0.114. The molecule has 0 bridgehead atoms. The number of nitrogens with one attached hydrogen (secondary N) is 1. The number of fused-ring (bicyclic) bond motifs is 1. The Labute approximate surface area is 125 Å². The van der Waals surface area contributed by atoms with Crippen molar-refractivity contribution in [1.82, 2.24) is 0 Å². The number of Topliss-reactive ketones (excluding diaryl/α,β-unsaturated/α-hetero) is 1. The predicted molar refractivity (Wildman–Crippen MR) is 77.1 cm³/mol. The number of azide groups is 1. The lowest BCUT2D eigenvalue weighted by atomic mass is 9.75. The normalized spacial score (nSPS) is 20.1. The number of aliphatic hydroxyl groups excluding tert-OH is 1. The molecule has 2 N–H and O–H groups in total. The zero-order chi connectivity index (χ0) is 16.5. The SMILES string of the molecule is CC(=O)Nc1cc(F)c(C)c2c1C(=O)C(CO)(N=[N+]=[N-])CC2. The third-order valence-electron chi connectivity index (χ3n) is 3.90. The second kappa shape index (κ2) is 5.75. The number of carbonyl (C=O) groups excluding carboxylic acids is 2. The number of aliphatic hydroxyl groups is 1. The minimum absolute atomic E-state index is 0.0289. The third-order valence-corrected chi connectivity index (χ3v) is 3.90. The average Bonchev–Trinajstić information content (AvgIpc) is 2.46. The van der Waals surface area contributed by atoms with E-state index in [0.717, 1.165) is 6.07 Å². The summed E-state index contributed by atoms with van der Waals surface area (Å²) in [6.45, 7) is 2.13. The van der Waals surface area contributed by atoms with E-state index in [2.05, 4.69) is 15.3 Å². The molecule has 1 aromatic carbocycles. The van der Waals surface area contributed by atoms with Crippen LogP contribution in [0.5, 0.6) is 0 Å². The highest BCUT2D eigenvalue weighted by atomic mass is 19.1. The first kappa shape index (κ1) is 15.9. The Balaban J connectivity index is 2.71. The molecule has 1 aromatic rings. The molecule has 0 fully saturated rings. The second-order valence-electron chi connectivity index (χ2n) is 5.27. The van der Waals surface area contributed by atoms with E-state index < -0.39 is 29.7 Å². The fraction of sp³-hybridized carbons (Fsp3) is 0.429. The van der Waals surface area contributed by atoms with Crippen molar-refractivity contribution < 1.29 is 19.1 Å². The molecule has 2 rings (SSSR count). The summed E-state index contributed by atoms with van der Waals surface area (Å²) in [5, 5.41) is 15.4. The van der Waals surface area contributed by atoms with Gasteiger partial charge in [-0.25, -0.2) is 4.39 Å². The zero-order valence-corrected chi connectivity index (χ0v) is 12.2. The summed E-state index contributed by atoms with van der Waals surface area (Å²) in [4.78, 5) is 26.6. The Bertz CT molecular complexity index is 713. The van der Waals surface area contributed by atoms with Gasteiger partial charge in [-0.1, -0.05) is 5.11 Å². The highest BCUT2D eigenvalue weighted by molar-refractivity contribution is 6.11. The lowest BCUT2D eigenvalue weighted by Gasteiger charge is -2.32. The fourth-order valence-electron chi connectivity index (χ4n) is 2.70. The minimum Gasteiger partial charge on any atom is -0.395 e. The molecule has 0 aliphatic heterocycles. The molecule has 0 heterocycles. The van der Waals surface area contributed by atoms with Gasteiger partial charge in [0.2, 0.25) is 5.91 Å². The molecule has 1 atom stereocenters. The number of amides is 1. The van der Waals surface area contributed by atoms with Crippen LogP contribution in [-0.2, 0) is 11.2 Å². The summed E-state index contributed by atoms with van der Waals surface area (Å²) >= 11 is 0. The molecule has 1 aliphatic carbocycles. The van der Waals surface area contributed by atoms with Crippen molar-refractivity contribution >= 4 is 17.4 Å². The Kier molecular flexibility index (Phi) is 4.16. The maximum atomic E-state index is 14.0. The maximum Gasteiger partial charge on any atom is 0.221 e. The summed E-state index contributed by atoms with van der Waals surface area (Å²) in [5.41, 5.74) is 7.95. The van der Waals surface area contributed by atoms with Crippen LogP contribution in [0.15, 0.2) is 11.2 Å². The van der Waals surface area contributed by atoms with Gasteiger partial charge in [-0.15, -0.1) is 0 Å². The fourth-order valence-corrected chi connectivity index (χ4v) is 2.70. The Morgan fingerprint density at radius 2 is 2.32 bits per heavy atom. The quantitative estimate of drug-likeness (QED) is 0.507. The minimum atomic E-state index is -1.61. The highest BCUT2D eigenvalue weighted by Gasteiger charge is 2.43. The molecule has 116 valence electrons. The molecule has 0 radical (unpaired) electrons. The van der Waals surface area contributed by atoms with Gasteiger partial charge in [-0.3, -0.25) is 9.59 Å². The topological polar surface area (TPSA) is 115 Å². The Morgan fingerprint density at radius 3 is 2.86 bits per heavy atom. The van der Waals surface area contributed by atoms with Crippen molar-refractivity contribution in [1.29, 1.82) is 0 Å². The average molecular weight is 306 g/mol. The van der Waals surface area contributed by atoms with Crippen LogP contribution in [0.2, 0.25) is 0 Å². The van der Waals surface area contributed by atoms with E-state index in [4.69, 9.17) is 5.53 Å². The van der Waals surface area contributed by atoms with Crippen LogP contribution in [0.4, 0.5) is 10.1 Å². The predicted octanol–water partition coefficient (Wildman–Crippen LogP) is 2.26. The molecule has 1 amide bonds. The number of rotatable bonds is 3. The van der Waals surface area contributed by atoms with Gasteiger partial charge in [0.1, 0.15) is 11.4 Å². The molecule has 22 heavy (non-hydrogen) atoms. The molecule has 0 saturated carbocycles. The van der Waals surface area contributed by atoms with Gasteiger partial charge in [0, 0.05) is 17.4 Å². The molecule has 8 heteroatoms. The van der Waals surface area contributed by atoms with Crippen molar-refractivity contribution in [3.05, 3.63) is 39.0 Å². The van der Waals surface area contributed by atoms with Crippen molar-refractivity contribution in [3.63, 3.8) is 0 Å². The lowest BCUT2D eigenvalue weighted by Crippen LogP contribution is -2.44. The van der Waals surface area contributed by atoms with Crippen LogP contribution >= 0.6 is 0 Å². The molecule has 0 aromatic heterocycles. The van der Waals surface area contributed by atoms with Crippen molar-refractivity contribution in [2.24, 2.45) is 5.11 Å². The third kappa shape index (κ3) is 2.43. The Hall–Kier alpha value is -2.44. The first-order chi connectivity index (χ1) is 10.4. The molecule has 7 nitrogen and oxygen atoms in total. The summed E-state index contributed by atoms with van der Waals surface area (Å²) < 4.78 is 14.0. The van der Waals surface area contributed by atoms with E-state index in [-0.39, 0.29) is 24.1 Å². The van der Waals surface area contributed by atoms with Gasteiger partial charge in [0.25, 0.3) is 0 Å². The molecule has 0 saturated heterocycles. The number of hydrogen-bond acceptors (Lipinski definition) is 4. The first-order valence-electron chi connectivity index (χ1n) is 6.68. The number of anilines is 1. The van der Waals surface area contributed by atoms with Crippen molar-refractivity contribution in [2.75, 3.05) is 11.9 Å². The number of ketones is 1. The number of carbonyl (C=O) groups is 2. The second-order valence-corrected chi connectivity index (χ2v) is 5.27. The maximum absolute atomic E-state index is 14.0.